The maximum absolute atomic E-state index is 12.8. The first kappa shape index (κ1) is 13.9. The molecule has 0 bridgehead atoms. The zero-order valence-electron chi connectivity index (χ0n) is 13.1. The summed E-state index contributed by atoms with van der Waals surface area (Å²) in [5.74, 6) is 1.81. The third kappa shape index (κ3) is 2.28. The molecule has 0 spiro atoms. The highest BCUT2D eigenvalue weighted by atomic mass is 16.4. The van der Waals surface area contributed by atoms with Crippen LogP contribution in [0.25, 0.3) is 5.65 Å². The first-order chi connectivity index (χ1) is 11.1. The van der Waals surface area contributed by atoms with E-state index in [1.807, 2.05) is 26.0 Å². The Morgan fingerprint density at radius 3 is 3.04 bits per heavy atom. The van der Waals surface area contributed by atoms with Gasteiger partial charge in [0.05, 0.1) is 6.54 Å². The number of amides is 1. The van der Waals surface area contributed by atoms with Crippen molar-refractivity contribution in [1.29, 1.82) is 0 Å². The van der Waals surface area contributed by atoms with Crippen molar-refractivity contribution in [3.05, 3.63) is 47.6 Å². The van der Waals surface area contributed by atoms with Gasteiger partial charge in [0.2, 0.25) is 0 Å². The molecule has 4 rings (SSSR count). The maximum Gasteiger partial charge on any atom is 0.272 e. The molecule has 1 aliphatic rings. The van der Waals surface area contributed by atoms with Gasteiger partial charge in [0, 0.05) is 18.9 Å². The number of nitrogens with zero attached hydrogens (tertiary/aromatic N) is 5. The molecule has 0 atom stereocenters. The Kier molecular flexibility index (Phi) is 3.14. The third-order valence-corrected chi connectivity index (χ3v) is 4.05. The molecule has 1 amide bonds. The minimum Gasteiger partial charge on any atom is -0.445 e. The van der Waals surface area contributed by atoms with E-state index in [9.17, 15) is 4.79 Å². The van der Waals surface area contributed by atoms with Crippen LogP contribution >= 0.6 is 0 Å². The van der Waals surface area contributed by atoms with Crippen molar-refractivity contribution in [3.8, 4) is 0 Å². The molecule has 0 aromatic carbocycles. The van der Waals surface area contributed by atoms with Crippen molar-refractivity contribution in [2.24, 2.45) is 0 Å². The lowest BCUT2D eigenvalue weighted by Crippen LogP contribution is -2.36. The van der Waals surface area contributed by atoms with Gasteiger partial charge in [-0.15, -0.1) is 0 Å². The van der Waals surface area contributed by atoms with Gasteiger partial charge in [-0.25, -0.2) is 14.5 Å². The maximum atomic E-state index is 12.8. The lowest BCUT2D eigenvalue weighted by atomic mass is 10.1. The van der Waals surface area contributed by atoms with Crippen molar-refractivity contribution in [2.75, 3.05) is 6.54 Å². The van der Waals surface area contributed by atoms with Gasteiger partial charge in [-0.3, -0.25) is 4.79 Å². The highest BCUT2D eigenvalue weighted by molar-refractivity contribution is 5.93. The van der Waals surface area contributed by atoms with Crippen LogP contribution in [0.3, 0.4) is 0 Å². The fraction of sp³-hybridized carbons (Fsp3) is 0.375. The number of carbonyl (C=O) groups excluding carboxylic acids is 1. The Bertz CT molecular complexity index is 880. The van der Waals surface area contributed by atoms with Gasteiger partial charge in [-0.1, -0.05) is 19.9 Å². The van der Waals surface area contributed by atoms with Crippen LogP contribution in [0.2, 0.25) is 0 Å². The lowest BCUT2D eigenvalue weighted by Gasteiger charge is -2.25. The van der Waals surface area contributed by atoms with E-state index in [4.69, 9.17) is 4.42 Å². The Balaban J connectivity index is 1.64. The second-order valence-corrected chi connectivity index (χ2v) is 5.99. The van der Waals surface area contributed by atoms with E-state index in [2.05, 4.69) is 15.1 Å². The molecule has 3 aromatic rings. The normalized spacial score (nSPS) is 14.5. The second kappa shape index (κ2) is 5.19. The molecule has 4 heterocycles. The fourth-order valence-electron chi connectivity index (χ4n) is 2.81. The summed E-state index contributed by atoms with van der Waals surface area (Å²) in [6, 6.07) is 5.41. The quantitative estimate of drug-likeness (QED) is 0.724. The average Bonchev–Trinajstić information content (AvgIpc) is 3.19. The van der Waals surface area contributed by atoms with Crippen LogP contribution in [-0.4, -0.2) is 36.9 Å². The summed E-state index contributed by atoms with van der Waals surface area (Å²) in [4.78, 5) is 23.3. The molecule has 3 aromatic heterocycles. The summed E-state index contributed by atoms with van der Waals surface area (Å²) in [7, 11) is 0. The molecule has 0 radical (unpaired) electrons. The summed E-state index contributed by atoms with van der Waals surface area (Å²) < 4.78 is 7.35. The van der Waals surface area contributed by atoms with Gasteiger partial charge < -0.3 is 9.32 Å². The van der Waals surface area contributed by atoms with Crippen molar-refractivity contribution in [3.63, 3.8) is 0 Å². The largest absolute Gasteiger partial charge is 0.445 e. The number of aromatic nitrogens is 4. The monoisotopic (exact) mass is 311 g/mol. The molecule has 7 heteroatoms. The van der Waals surface area contributed by atoms with Crippen LogP contribution < -0.4 is 0 Å². The topological polar surface area (TPSA) is 76.5 Å². The first-order valence-corrected chi connectivity index (χ1v) is 7.70. The van der Waals surface area contributed by atoms with Crippen LogP contribution in [0.4, 0.5) is 0 Å². The number of pyridine rings is 1. The van der Waals surface area contributed by atoms with E-state index < -0.39 is 0 Å². The number of hydrogen-bond donors (Lipinski definition) is 0. The zero-order chi connectivity index (χ0) is 16.0. The zero-order valence-corrected chi connectivity index (χ0v) is 13.1. The number of carbonyl (C=O) groups is 1. The summed E-state index contributed by atoms with van der Waals surface area (Å²) in [5.41, 5.74) is 2.03. The number of rotatable bonds is 2. The van der Waals surface area contributed by atoms with E-state index >= 15 is 0 Å². The van der Waals surface area contributed by atoms with E-state index in [1.165, 1.54) is 6.33 Å². The van der Waals surface area contributed by atoms with Crippen molar-refractivity contribution in [1.82, 2.24) is 24.5 Å². The predicted molar refractivity (Wildman–Crippen MR) is 82.0 cm³/mol. The Labute approximate surface area is 132 Å². The Hall–Kier alpha value is -2.70. The van der Waals surface area contributed by atoms with Gasteiger partial charge in [0.15, 0.2) is 11.5 Å². The number of oxazole rings is 1. The van der Waals surface area contributed by atoms with E-state index in [-0.39, 0.29) is 11.8 Å². The van der Waals surface area contributed by atoms with Gasteiger partial charge in [0.25, 0.3) is 5.91 Å². The Morgan fingerprint density at radius 2 is 2.22 bits per heavy atom. The highest BCUT2D eigenvalue weighted by Gasteiger charge is 2.27. The van der Waals surface area contributed by atoms with Crippen molar-refractivity contribution < 1.29 is 9.21 Å². The minimum absolute atomic E-state index is 0.0687. The van der Waals surface area contributed by atoms with Crippen molar-refractivity contribution >= 4 is 11.6 Å². The van der Waals surface area contributed by atoms with Crippen LogP contribution in [0.5, 0.6) is 0 Å². The van der Waals surface area contributed by atoms with E-state index in [0.29, 0.717) is 30.9 Å². The molecule has 0 N–H and O–H groups in total. The molecule has 0 unspecified atom stereocenters. The fourth-order valence-corrected chi connectivity index (χ4v) is 2.81. The standard InChI is InChI=1S/C16H17N5O2/c1-10(2)15-19-11-8-20(7-6-13(11)23-15)16(22)12-4-3-5-14-17-9-18-21(12)14/h3-5,9-10H,6-8H2,1-2H3. The summed E-state index contributed by atoms with van der Waals surface area (Å²) >= 11 is 0. The number of fused-ring (bicyclic) bond motifs is 2. The summed E-state index contributed by atoms with van der Waals surface area (Å²) in [6.07, 6.45) is 2.14. The molecule has 7 nitrogen and oxygen atoms in total. The van der Waals surface area contributed by atoms with Crippen LogP contribution in [0, 0.1) is 0 Å². The van der Waals surface area contributed by atoms with Gasteiger partial charge in [-0.05, 0) is 12.1 Å². The highest BCUT2D eigenvalue weighted by Crippen LogP contribution is 2.24. The summed E-state index contributed by atoms with van der Waals surface area (Å²) in [5, 5.41) is 4.13. The average molecular weight is 311 g/mol. The second-order valence-electron chi connectivity index (χ2n) is 5.99. The molecular formula is C16H17N5O2. The molecule has 0 aliphatic carbocycles. The molecule has 0 saturated carbocycles. The summed E-state index contributed by atoms with van der Waals surface area (Å²) in [6.45, 7) is 5.18. The molecule has 23 heavy (non-hydrogen) atoms. The molecule has 0 saturated heterocycles. The van der Waals surface area contributed by atoms with Crippen LogP contribution in [-0.2, 0) is 13.0 Å². The lowest BCUT2D eigenvalue weighted by molar-refractivity contribution is 0.0719. The smallest absolute Gasteiger partial charge is 0.272 e. The van der Waals surface area contributed by atoms with Gasteiger partial charge >= 0.3 is 0 Å². The van der Waals surface area contributed by atoms with Crippen LogP contribution in [0.15, 0.2) is 28.9 Å². The Morgan fingerprint density at radius 1 is 1.35 bits per heavy atom. The van der Waals surface area contributed by atoms with E-state index in [1.54, 1.807) is 15.5 Å². The molecule has 118 valence electrons. The van der Waals surface area contributed by atoms with Crippen molar-refractivity contribution in [2.45, 2.75) is 32.7 Å². The van der Waals surface area contributed by atoms with Crippen LogP contribution in [0.1, 0.15) is 47.6 Å². The number of hydrogen-bond acceptors (Lipinski definition) is 5. The predicted octanol–water partition coefficient (Wildman–Crippen LogP) is 2.04. The molecule has 1 aliphatic heterocycles. The molecule has 0 fully saturated rings. The minimum atomic E-state index is -0.0687. The third-order valence-electron chi connectivity index (χ3n) is 4.05. The van der Waals surface area contributed by atoms with Gasteiger partial charge in [-0.2, -0.15) is 5.10 Å². The molecular weight excluding hydrogens is 294 g/mol. The SMILES string of the molecule is CC(C)c1nc2c(o1)CCN(C(=O)c1cccc3ncnn13)C2. The first-order valence-electron chi connectivity index (χ1n) is 7.70. The van der Waals surface area contributed by atoms with Gasteiger partial charge in [0.1, 0.15) is 23.5 Å². The van der Waals surface area contributed by atoms with E-state index in [0.717, 1.165) is 17.3 Å².